The highest BCUT2D eigenvalue weighted by molar-refractivity contribution is 7.88. The van der Waals surface area contributed by atoms with Gasteiger partial charge in [0.25, 0.3) is 0 Å². The largest absolute Gasteiger partial charge is 0.265 e. The molecule has 0 aliphatic heterocycles. The van der Waals surface area contributed by atoms with Gasteiger partial charge in [-0.05, 0) is 48.7 Å². The van der Waals surface area contributed by atoms with Crippen molar-refractivity contribution in [3.8, 4) is 11.3 Å². The van der Waals surface area contributed by atoms with Crippen LogP contribution in [0.15, 0.2) is 84.9 Å². The topological polar surface area (TPSA) is 75.2 Å². The summed E-state index contributed by atoms with van der Waals surface area (Å²) in [6, 6.07) is 27.0. The van der Waals surface area contributed by atoms with Crippen molar-refractivity contribution in [3.05, 3.63) is 102 Å². The Morgan fingerprint density at radius 2 is 1.43 bits per heavy atom. The molecule has 0 spiro atoms. The number of aromatic nitrogens is 2. The Balaban J connectivity index is 1.93. The van der Waals surface area contributed by atoms with Crippen molar-refractivity contribution in [1.29, 1.82) is 0 Å². The van der Waals surface area contributed by atoms with Gasteiger partial charge in [0.2, 0.25) is 16.0 Å². The fourth-order valence-corrected chi connectivity index (χ4v) is 7.05. The molecule has 9 heteroatoms. The Hall–Kier alpha value is -3.19. The first-order chi connectivity index (χ1) is 17.6. The van der Waals surface area contributed by atoms with E-state index in [9.17, 15) is 12.8 Å². The van der Waals surface area contributed by atoms with E-state index in [1.807, 2.05) is 36.4 Å². The zero-order chi connectivity index (χ0) is 26.6. The fraction of sp³-hybridized carbons (Fsp3) is 0.214. The van der Waals surface area contributed by atoms with Gasteiger partial charge in [-0.15, -0.1) is 4.83 Å². The quantitative estimate of drug-likeness (QED) is 0.242. The molecule has 0 fully saturated rings. The van der Waals surface area contributed by atoms with Crippen LogP contribution >= 0.6 is 7.92 Å². The molecule has 1 aromatic heterocycles. The molecule has 0 unspecified atom stereocenters. The molecule has 0 aliphatic carbocycles. The molecule has 1 heterocycles. The Bertz CT molecular complexity index is 1410. The summed E-state index contributed by atoms with van der Waals surface area (Å²) in [7, 11) is -2.78. The molecule has 4 aromatic rings. The van der Waals surface area contributed by atoms with Gasteiger partial charge >= 0.3 is 0 Å². The van der Waals surface area contributed by atoms with Gasteiger partial charge in [-0.1, -0.05) is 74.5 Å². The molecule has 0 saturated carbocycles. The van der Waals surface area contributed by atoms with E-state index in [1.165, 1.54) is 27.8 Å². The Morgan fingerprint density at radius 1 is 0.892 bits per heavy atom. The maximum absolute atomic E-state index is 13.8. The molecule has 0 atom stereocenters. The van der Waals surface area contributed by atoms with Crippen molar-refractivity contribution >= 4 is 34.5 Å². The number of anilines is 1. The van der Waals surface area contributed by atoms with E-state index in [2.05, 4.69) is 42.9 Å². The third-order valence-electron chi connectivity index (χ3n) is 5.75. The highest BCUT2D eigenvalue weighted by Gasteiger charge is 2.25. The molecule has 37 heavy (non-hydrogen) atoms. The second-order valence-corrected chi connectivity index (χ2v) is 13.0. The molecule has 0 radical (unpaired) electrons. The molecule has 1 N–H and O–H groups in total. The van der Waals surface area contributed by atoms with Crippen LogP contribution in [0, 0.1) is 5.82 Å². The van der Waals surface area contributed by atoms with Gasteiger partial charge in [0.1, 0.15) is 5.82 Å². The van der Waals surface area contributed by atoms with Crippen LogP contribution < -0.4 is 20.4 Å². The van der Waals surface area contributed by atoms with E-state index in [1.54, 1.807) is 19.2 Å². The minimum atomic E-state index is -3.54. The van der Waals surface area contributed by atoms with E-state index in [0.717, 1.165) is 23.1 Å². The van der Waals surface area contributed by atoms with Gasteiger partial charge in [-0.3, -0.25) is 5.01 Å². The minimum absolute atomic E-state index is 0.0333. The minimum Gasteiger partial charge on any atom is -0.265 e. The number of hydrogen-bond donors (Lipinski definition) is 1. The van der Waals surface area contributed by atoms with Crippen LogP contribution in [-0.4, -0.2) is 31.7 Å². The van der Waals surface area contributed by atoms with Crippen molar-refractivity contribution in [2.45, 2.75) is 25.9 Å². The number of nitrogens with one attached hydrogen (secondary N) is 1. The zero-order valence-corrected chi connectivity index (χ0v) is 23.0. The normalized spacial score (nSPS) is 11.8. The van der Waals surface area contributed by atoms with Crippen LogP contribution in [0.25, 0.3) is 11.3 Å². The van der Waals surface area contributed by atoms with Gasteiger partial charge in [0, 0.05) is 24.3 Å². The number of halogens is 1. The van der Waals surface area contributed by atoms with Crippen molar-refractivity contribution in [3.63, 3.8) is 0 Å². The third-order valence-corrected chi connectivity index (χ3v) is 8.83. The molecular weight excluding hydrogens is 506 g/mol. The molecule has 4 rings (SSSR count). The average molecular weight is 537 g/mol. The number of rotatable bonds is 9. The highest BCUT2D eigenvalue weighted by atomic mass is 32.2. The van der Waals surface area contributed by atoms with Gasteiger partial charge in [-0.25, -0.2) is 22.8 Å². The number of nitrogens with zero attached hydrogens (tertiary/aromatic N) is 3. The van der Waals surface area contributed by atoms with Gasteiger partial charge in [-0.2, -0.15) is 0 Å². The summed E-state index contributed by atoms with van der Waals surface area (Å²) >= 11 is 0. The van der Waals surface area contributed by atoms with E-state index in [-0.39, 0.29) is 17.7 Å². The lowest BCUT2D eigenvalue weighted by atomic mass is 9.99. The average Bonchev–Trinajstić information content (AvgIpc) is 2.87. The van der Waals surface area contributed by atoms with Crippen LogP contribution in [-0.2, 0) is 16.2 Å². The zero-order valence-electron chi connectivity index (χ0n) is 21.3. The Morgan fingerprint density at radius 3 is 1.92 bits per heavy atom. The summed E-state index contributed by atoms with van der Waals surface area (Å²) in [5.74, 6) is -0.0812. The van der Waals surface area contributed by atoms with E-state index >= 15 is 0 Å². The van der Waals surface area contributed by atoms with E-state index < -0.39 is 17.9 Å². The van der Waals surface area contributed by atoms with Crippen LogP contribution in [0.1, 0.15) is 31.0 Å². The number of hydrogen-bond acceptors (Lipinski definition) is 5. The standard InChI is InChI=1S/C28H30FN4O2PS/c1-20(2)26-25(19-36(23-11-7-5-8-12-23)24-13-9-6-10-14-24)27(21-15-17-22(29)18-16-21)31-28(30-26)33(3)32-37(4,34)35/h5-18,20,32H,19H2,1-4H3. The molecule has 0 aliphatic rings. The van der Waals surface area contributed by atoms with Crippen LogP contribution in [0.4, 0.5) is 10.3 Å². The summed E-state index contributed by atoms with van der Waals surface area (Å²) in [4.78, 5) is 12.1. The van der Waals surface area contributed by atoms with Crippen molar-refractivity contribution in [2.75, 3.05) is 18.3 Å². The molecular formula is C28H30FN4O2PS. The Kier molecular flexibility index (Phi) is 8.32. The molecule has 0 saturated heterocycles. The SMILES string of the molecule is CC(C)c1nc(N(C)NS(C)(=O)=O)nc(-c2ccc(F)cc2)c1CP(c1ccccc1)c1ccccc1. The van der Waals surface area contributed by atoms with Crippen molar-refractivity contribution < 1.29 is 12.8 Å². The summed E-state index contributed by atoms with van der Waals surface area (Å²) in [5, 5.41) is 3.75. The molecule has 3 aromatic carbocycles. The monoisotopic (exact) mass is 536 g/mol. The maximum Gasteiger partial charge on any atom is 0.241 e. The first kappa shape index (κ1) is 26.9. The van der Waals surface area contributed by atoms with Gasteiger partial charge in [0.15, 0.2) is 0 Å². The summed E-state index contributed by atoms with van der Waals surface area (Å²) in [5.41, 5.74) is 3.20. The lowest BCUT2D eigenvalue weighted by Crippen LogP contribution is -2.40. The lowest BCUT2D eigenvalue weighted by molar-refractivity contribution is 0.585. The molecule has 192 valence electrons. The highest BCUT2D eigenvalue weighted by Crippen LogP contribution is 2.42. The first-order valence-corrected chi connectivity index (χ1v) is 15.3. The smallest absolute Gasteiger partial charge is 0.241 e. The lowest BCUT2D eigenvalue weighted by Gasteiger charge is -2.25. The second kappa shape index (κ2) is 11.5. The predicted molar refractivity (Wildman–Crippen MR) is 151 cm³/mol. The van der Waals surface area contributed by atoms with Gasteiger partial charge in [0.05, 0.1) is 17.6 Å². The van der Waals surface area contributed by atoms with E-state index in [0.29, 0.717) is 11.9 Å². The summed E-state index contributed by atoms with van der Waals surface area (Å²) in [6.07, 6.45) is 1.75. The number of hydrazine groups is 1. The fourth-order valence-electron chi connectivity index (χ4n) is 4.11. The maximum atomic E-state index is 13.8. The van der Waals surface area contributed by atoms with Crippen molar-refractivity contribution in [2.24, 2.45) is 0 Å². The van der Waals surface area contributed by atoms with Crippen LogP contribution in [0.5, 0.6) is 0 Å². The summed E-state index contributed by atoms with van der Waals surface area (Å²) < 4.78 is 37.7. The molecule has 6 nitrogen and oxygen atoms in total. The predicted octanol–water partition coefficient (Wildman–Crippen LogP) is 4.94. The first-order valence-electron chi connectivity index (χ1n) is 11.9. The number of sulfonamides is 1. The van der Waals surface area contributed by atoms with Crippen LogP contribution in [0.2, 0.25) is 0 Å². The third kappa shape index (κ3) is 6.77. The van der Waals surface area contributed by atoms with Crippen LogP contribution in [0.3, 0.4) is 0 Å². The van der Waals surface area contributed by atoms with Gasteiger partial charge < -0.3 is 0 Å². The summed E-state index contributed by atoms with van der Waals surface area (Å²) in [6.45, 7) is 4.11. The van der Waals surface area contributed by atoms with Crippen molar-refractivity contribution in [1.82, 2.24) is 14.8 Å². The Labute approximate surface area is 219 Å². The second-order valence-electron chi connectivity index (χ2n) is 9.08. The van der Waals surface area contributed by atoms with E-state index in [4.69, 9.17) is 9.97 Å². The number of benzene rings is 3. The molecule has 0 amide bonds. The molecule has 0 bridgehead atoms.